The molecule has 3 fully saturated rings. The molecule has 0 radical (unpaired) electrons. The number of hydrogen-bond donors (Lipinski definition) is 0. The fourth-order valence-corrected chi connectivity index (χ4v) is 3.61. The van der Waals surface area contributed by atoms with E-state index in [1.165, 1.54) is 0 Å². The van der Waals surface area contributed by atoms with Crippen LogP contribution in [0.1, 0.15) is 19.3 Å². The zero-order chi connectivity index (χ0) is 11.8. The third kappa shape index (κ3) is 1.92. The van der Waals surface area contributed by atoms with E-state index in [0.717, 1.165) is 25.8 Å². The van der Waals surface area contributed by atoms with Crippen LogP contribution in [0.3, 0.4) is 0 Å². The van der Waals surface area contributed by atoms with Gasteiger partial charge in [0.2, 0.25) is 5.91 Å². The minimum Gasteiger partial charge on any atom is -0.465 e. The van der Waals surface area contributed by atoms with E-state index in [1.807, 2.05) is 4.90 Å². The molecule has 2 bridgehead atoms. The number of nitrogens with zero attached hydrogens (tertiary/aromatic N) is 1. The molecule has 0 N–H and O–H groups in total. The van der Waals surface area contributed by atoms with Crippen molar-refractivity contribution in [3.63, 3.8) is 0 Å². The van der Waals surface area contributed by atoms with Gasteiger partial charge in [-0.05, 0) is 31.1 Å². The van der Waals surface area contributed by atoms with Crippen LogP contribution >= 0.6 is 0 Å². The number of hydrogen-bond acceptors (Lipinski definition) is 4. The normalized spacial score (nSPS) is 40.7. The number of fused-ring (bicyclic) bond motifs is 4. The summed E-state index contributed by atoms with van der Waals surface area (Å²) >= 11 is 0. The van der Waals surface area contributed by atoms with Gasteiger partial charge in [0.25, 0.3) is 6.47 Å². The van der Waals surface area contributed by atoms with E-state index in [4.69, 9.17) is 9.47 Å². The second-order valence-corrected chi connectivity index (χ2v) is 5.32. The SMILES string of the molecule is O=COC1CC2CC(C1)C1COCC(=O)N1C2. The van der Waals surface area contributed by atoms with Crippen LogP contribution < -0.4 is 0 Å². The molecule has 0 aromatic carbocycles. The molecule has 1 saturated carbocycles. The highest BCUT2D eigenvalue weighted by Gasteiger charge is 2.45. The Kier molecular flexibility index (Phi) is 2.78. The molecule has 4 unspecified atom stereocenters. The van der Waals surface area contributed by atoms with Gasteiger partial charge >= 0.3 is 0 Å². The molecule has 3 aliphatic rings. The largest absolute Gasteiger partial charge is 0.465 e. The quantitative estimate of drug-likeness (QED) is 0.645. The van der Waals surface area contributed by atoms with Crippen LogP contribution in [0.15, 0.2) is 0 Å². The fourth-order valence-electron chi connectivity index (χ4n) is 3.61. The second kappa shape index (κ2) is 4.29. The molecule has 2 aliphatic heterocycles. The van der Waals surface area contributed by atoms with Crippen molar-refractivity contribution < 1.29 is 19.1 Å². The Balaban J connectivity index is 1.75. The molecule has 3 rings (SSSR count). The van der Waals surface area contributed by atoms with Crippen LogP contribution in [0.25, 0.3) is 0 Å². The first kappa shape index (κ1) is 11.0. The Bertz CT molecular complexity index is 332. The predicted molar refractivity (Wildman–Crippen MR) is 58.1 cm³/mol. The summed E-state index contributed by atoms with van der Waals surface area (Å²) in [5.74, 6) is 1.03. The van der Waals surface area contributed by atoms with Gasteiger partial charge in [0.15, 0.2) is 0 Å². The van der Waals surface area contributed by atoms with Crippen LogP contribution in [0, 0.1) is 11.8 Å². The number of carbonyl (C=O) groups is 2. The van der Waals surface area contributed by atoms with E-state index in [0.29, 0.717) is 24.9 Å². The van der Waals surface area contributed by atoms with Gasteiger partial charge < -0.3 is 14.4 Å². The number of ether oxygens (including phenoxy) is 2. The summed E-state index contributed by atoms with van der Waals surface area (Å²) in [7, 11) is 0. The van der Waals surface area contributed by atoms with Gasteiger partial charge in [0, 0.05) is 6.54 Å². The third-order valence-electron chi connectivity index (χ3n) is 4.28. The summed E-state index contributed by atoms with van der Waals surface area (Å²) in [5.41, 5.74) is 0. The number of amides is 1. The molecular weight excluding hydrogens is 222 g/mol. The minimum absolute atomic E-state index is 0.0374. The summed E-state index contributed by atoms with van der Waals surface area (Å²) in [5, 5.41) is 0. The average Bonchev–Trinajstić information content (AvgIpc) is 2.31. The zero-order valence-electron chi connectivity index (χ0n) is 9.71. The highest BCUT2D eigenvalue weighted by Crippen LogP contribution is 2.40. The van der Waals surface area contributed by atoms with E-state index in [1.54, 1.807) is 0 Å². The summed E-state index contributed by atoms with van der Waals surface area (Å²) in [6, 6.07) is 0.200. The van der Waals surface area contributed by atoms with Crippen molar-refractivity contribution in [3.8, 4) is 0 Å². The molecule has 4 atom stereocenters. The molecular formula is C12H17NO4. The number of morpholine rings is 1. The first-order valence-corrected chi connectivity index (χ1v) is 6.24. The van der Waals surface area contributed by atoms with E-state index >= 15 is 0 Å². The van der Waals surface area contributed by atoms with Gasteiger partial charge in [-0.1, -0.05) is 0 Å². The molecule has 0 aromatic heterocycles. The van der Waals surface area contributed by atoms with Crippen LogP contribution in [0.5, 0.6) is 0 Å². The van der Waals surface area contributed by atoms with Gasteiger partial charge in [-0.25, -0.2) is 0 Å². The lowest BCUT2D eigenvalue weighted by Gasteiger charge is -2.50. The van der Waals surface area contributed by atoms with Crippen molar-refractivity contribution in [1.82, 2.24) is 4.90 Å². The van der Waals surface area contributed by atoms with Crippen LogP contribution in [0.4, 0.5) is 0 Å². The Hall–Kier alpha value is -1.10. The summed E-state index contributed by atoms with van der Waals surface area (Å²) in [6.45, 7) is 2.22. The Morgan fingerprint density at radius 2 is 2.24 bits per heavy atom. The van der Waals surface area contributed by atoms with Crippen molar-refractivity contribution in [2.75, 3.05) is 19.8 Å². The maximum absolute atomic E-state index is 11.8. The monoisotopic (exact) mass is 239 g/mol. The first-order chi connectivity index (χ1) is 8.28. The lowest BCUT2D eigenvalue weighted by atomic mass is 9.72. The van der Waals surface area contributed by atoms with Crippen LogP contribution in [-0.2, 0) is 19.1 Å². The van der Waals surface area contributed by atoms with Gasteiger partial charge in [-0.3, -0.25) is 9.59 Å². The molecule has 2 heterocycles. The molecule has 0 aromatic rings. The lowest BCUT2D eigenvalue weighted by Crippen LogP contribution is -2.60. The molecule has 1 amide bonds. The second-order valence-electron chi connectivity index (χ2n) is 5.32. The maximum Gasteiger partial charge on any atom is 0.293 e. The Labute approximate surface area is 100 Å². The Morgan fingerprint density at radius 3 is 3.06 bits per heavy atom. The van der Waals surface area contributed by atoms with E-state index in [9.17, 15) is 9.59 Å². The van der Waals surface area contributed by atoms with Gasteiger partial charge in [-0.15, -0.1) is 0 Å². The van der Waals surface area contributed by atoms with Crippen molar-refractivity contribution in [2.45, 2.75) is 31.4 Å². The molecule has 0 spiro atoms. The fraction of sp³-hybridized carbons (Fsp3) is 0.833. The van der Waals surface area contributed by atoms with Crippen molar-refractivity contribution in [3.05, 3.63) is 0 Å². The number of carbonyl (C=O) groups excluding carboxylic acids is 2. The molecule has 1 aliphatic carbocycles. The standard InChI is InChI=1S/C12H17NO4/c14-7-17-10-2-8-1-9(3-10)11-5-16-6-12(15)13(11)4-8/h7-11H,1-6H2. The minimum atomic E-state index is 0.0374. The molecule has 5 nitrogen and oxygen atoms in total. The molecule has 5 heteroatoms. The zero-order valence-corrected chi connectivity index (χ0v) is 9.71. The Morgan fingerprint density at radius 1 is 1.35 bits per heavy atom. The predicted octanol–water partition coefficient (Wildman–Crippen LogP) is 0.185. The number of piperidine rings is 1. The van der Waals surface area contributed by atoms with Crippen LogP contribution in [0.2, 0.25) is 0 Å². The topological polar surface area (TPSA) is 55.8 Å². The lowest BCUT2D eigenvalue weighted by molar-refractivity contribution is -0.164. The third-order valence-corrected chi connectivity index (χ3v) is 4.28. The molecule has 2 saturated heterocycles. The van der Waals surface area contributed by atoms with Crippen LogP contribution in [-0.4, -0.2) is 49.2 Å². The molecule has 94 valence electrons. The smallest absolute Gasteiger partial charge is 0.293 e. The van der Waals surface area contributed by atoms with Gasteiger partial charge in [0.05, 0.1) is 12.6 Å². The molecule has 17 heavy (non-hydrogen) atoms. The van der Waals surface area contributed by atoms with E-state index in [2.05, 4.69) is 0 Å². The maximum atomic E-state index is 11.8. The summed E-state index contributed by atoms with van der Waals surface area (Å²) in [6.07, 6.45) is 2.94. The van der Waals surface area contributed by atoms with E-state index < -0.39 is 0 Å². The van der Waals surface area contributed by atoms with Gasteiger partial charge in [0.1, 0.15) is 12.7 Å². The summed E-state index contributed by atoms with van der Waals surface area (Å²) < 4.78 is 10.4. The highest BCUT2D eigenvalue weighted by atomic mass is 16.5. The first-order valence-electron chi connectivity index (χ1n) is 6.24. The van der Waals surface area contributed by atoms with Gasteiger partial charge in [-0.2, -0.15) is 0 Å². The van der Waals surface area contributed by atoms with Crippen molar-refractivity contribution in [2.24, 2.45) is 11.8 Å². The highest BCUT2D eigenvalue weighted by molar-refractivity contribution is 5.78. The van der Waals surface area contributed by atoms with E-state index in [-0.39, 0.29) is 24.7 Å². The van der Waals surface area contributed by atoms with Crippen molar-refractivity contribution in [1.29, 1.82) is 0 Å². The number of rotatable bonds is 2. The summed E-state index contributed by atoms with van der Waals surface area (Å²) in [4.78, 5) is 24.2. The average molecular weight is 239 g/mol. The van der Waals surface area contributed by atoms with Crippen molar-refractivity contribution >= 4 is 12.4 Å².